The molecule has 0 saturated carbocycles. The van der Waals surface area contributed by atoms with Crippen LogP contribution in [0.1, 0.15) is 36.1 Å². The second-order valence-electron chi connectivity index (χ2n) is 7.45. The molecule has 0 spiro atoms. The molecule has 1 heterocycles. The van der Waals surface area contributed by atoms with Crippen molar-refractivity contribution in [2.45, 2.75) is 44.2 Å². The number of benzene rings is 2. The van der Waals surface area contributed by atoms with Gasteiger partial charge in [0.15, 0.2) is 0 Å². The van der Waals surface area contributed by atoms with Crippen molar-refractivity contribution in [1.29, 1.82) is 0 Å². The summed E-state index contributed by atoms with van der Waals surface area (Å²) in [6, 6.07) is 10.9. The molecule has 2 aromatic rings. The number of carbonyl (C=O) groups is 2. The van der Waals surface area contributed by atoms with Gasteiger partial charge >= 0.3 is 0 Å². The third-order valence-corrected chi connectivity index (χ3v) is 7.46. The van der Waals surface area contributed by atoms with E-state index in [1.165, 1.54) is 18.5 Å². The van der Waals surface area contributed by atoms with E-state index in [1.807, 2.05) is 37.3 Å². The van der Waals surface area contributed by atoms with Crippen LogP contribution in [-0.2, 0) is 19.6 Å². The SMILES string of the molecule is Cc1cc(S(=O)(=O)N2C=CNC(=O)[C@H]2CC(=O)N[C@H](C)c2ccccc2)c(C)cc1Cl. The van der Waals surface area contributed by atoms with Crippen molar-refractivity contribution >= 4 is 33.4 Å². The summed E-state index contributed by atoms with van der Waals surface area (Å²) < 4.78 is 27.7. The van der Waals surface area contributed by atoms with Crippen LogP contribution in [0.3, 0.4) is 0 Å². The van der Waals surface area contributed by atoms with Gasteiger partial charge < -0.3 is 10.6 Å². The Balaban J connectivity index is 1.85. The molecule has 1 aliphatic rings. The predicted molar refractivity (Wildman–Crippen MR) is 119 cm³/mol. The molecular formula is C22H24ClN3O4S. The second kappa shape index (κ2) is 9.11. The van der Waals surface area contributed by atoms with Crippen LogP contribution in [0, 0.1) is 13.8 Å². The summed E-state index contributed by atoms with van der Waals surface area (Å²) in [5.74, 6) is -1.01. The number of carbonyl (C=O) groups excluding carboxylic acids is 2. The lowest BCUT2D eigenvalue weighted by Crippen LogP contribution is -2.51. The van der Waals surface area contributed by atoms with E-state index < -0.39 is 27.9 Å². The molecule has 1 aliphatic heterocycles. The van der Waals surface area contributed by atoms with E-state index in [4.69, 9.17) is 11.6 Å². The summed E-state index contributed by atoms with van der Waals surface area (Å²) in [7, 11) is -4.09. The minimum atomic E-state index is -4.09. The maximum absolute atomic E-state index is 13.4. The predicted octanol–water partition coefficient (Wildman–Crippen LogP) is 3.18. The molecule has 0 unspecified atom stereocenters. The van der Waals surface area contributed by atoms with Crippen molar-refractivity contribution in [2.24, 2.45) is 0 Å². The zero-order valence-electron chi connectivity index (χ0n) is 17.4. The average Bonchev–Trinajstić information content (AvgIpc) is 2.72. The van der Waals surface area contributed by atoms with Crippen LogP contribution in [0.15, 0.2) is 59.8 Å². The second-order valence-corrected chi connectivity index (χ2v) is 9.66. The summed E-state index contributed by atoms with van der Waals surface area (Å²) in [6.45, 7) is 5.16. The number of halogens is 1. The normalized spacial score (nSPS) is 17.2. The van der Waals surface area contributed by atoms with E-state index in [0.29, 0.717) is 16.1 Å². The number of nitrogens with zero attached hydrogens (tertiary/aromatic N) is 1. The fraction of sp³-hybridized carbons (Fsp3) is 0.273. The summed E-state index contributed by atoms with van der Waals surface area (Å²) >= 11 is 6.10. The van der Waals surface area contributed by atoms with E-state index in [9.17, 15) is 18.0 Å². The molecule has 164 valence electrons. The molecule has 0 saturated heterocycles. The third kappa shape index (κ3) is 4.91. The van der Waals surface area contributed by atoms with Gasteiger partial charge in [0, 0.05) is 17.4 Å². The molecule has 0 aliphatic carbocycles. The molecular weight excluding hydrogens is 438 g/mol. The lowest BCUT2D eigenvalue weighted by molar-refractivity contribution is -0.129. The van der Waals surface area contributed by atoms with Crippen LogP contribution >= 0.6 is 11.6 Å². The first kappa shape index (κ1) is 22.8. The highest BCUT2D eigenvalue weighted by Gasteiger charge is 2.37. The number of hydrogen-bond acceptors (Lipinski definition) is 4. The lowest BCUT2D eigenvalue weighted by atomic mass is 10.1. The number of nitrogens with one attached hydrogen (secondary N) is 2. The van der Waals surface area contributed by atoms with Gasteiger partial charge in [0.05, 0.1) is 17.4 Å². The van der Waals surface area contributed by atoms with E-state index in [1.54, 1.807) is 19.9 Å². The maximum Gasteiger partial charge on any atom is 0.264 e. The van der Waals surface area contributed by atoms with Crippen LogP contribution in [-0.4, -0.2) is 30.6 Å². The molecule has 2 atom stereocenters. The Kier molecular flexibility index (Phi) is 6.71. The van der Waals surface area contributed by atoms with Crippen molar-refractivity contribution in [3.05, 3.63) is 76.6 Å². The minimum absolute atomic E-state index is 0.0387. The fourth-order valence-electron chi connectivity index (χ4n) is 3.39. The summed E-state index contributed by atoms with van der Waals surface area (Å²) in [5, 5.41) is 5.76. The molecule has 2 amide bonds. The van der Waals surface area contributed by atoms with Crippen molar-refractivity contribution in [3.63, 3.8) is 0 Å². The van der Waals surface area contributed by atoms with Gasteiger partial charge in [-0.1, -0.05) is 41.9 Å². The zero-order chi connectivity index (χ0) is 22.8. The van der Waals surface area contributed by atoms with E-state index >= 15 is 0 Å². The number of hydrogen-bond donors (Lipinski definition) is 2. The highest BCUT2D eigenvalue weighted by Crippen LogP contribution is 2.29. The zero-order valence-corrected chi connectivity index (χ0v) is 19.0. The quantitative estimate of drug-likeness (QED) is 0.690. The number of aryl methyl sites for hydroxylation is 2. The maximum atomic E-state index is 13.4. The van der Waals surface area contributed by atoms with Crippen molar-refractivity contribution in [3.8, 4) is 0 Å². The van der Waals surface area contributed by atoms with Crippen molar-refractivity contribution in [1.82, 2.24) is 14.9 Å². The topological polar surface area (TPSA) is 95.6 Å². The Morgan fingerprint density at radius 2 is 1.87 bits per heavy atom. The molecule has 0 fully saturated rings. The monoisotopic (exact) mass is 461 g/mol. The summed E-state index contributed by atoms with van der Waals surface area (Å²) in [5.41, 5.74) is 1.96. The Morgan fingerprint density at radius 3 is 2.55 bits per heavy atom. The highest BCUT2D eigenvalue weighted by molar-refractivity contribution is 7.89. The van der Waals surface area contributed by atoms with Gasteiger partial charge in [0.2, 0.25) is 11.8 Å². The van der Waals surface area contributed by atoms with Crippen LogP contribution in [0.5, 0.6) is 0 Å². The lowest BCUT2D eigenvalue weighted by Gasteiger charge is -2.32. The van der Waals surface area contributed by atoms with Crippen LogP contribution in [0.4, 0.5) is 0 Å². The largest absolute Gasteiger partial charge is 0.350 e. The summed E-state index contributed by atoms with van der Waals surface area (Å²) in [4.78, 5) is 25.2. The van der Waals surface area contributed by atoms with Gasteiger partial charge in [0.1, 0.15) is 6.04 Å². The Hall–Kier alpha value is -2.84. The first-order valence-electron chi connectivity index (χ1n) is 9.73. The molecule has 0 bridgehead atoms. The fourth-order valence-corrected chi connectivity index (χ4v) is 5.35. The number of sulfonamides is 1. The molecule has 0 aromatic heterocycles. The molecule has 2 aromatic carbocycles. The van der Waals surface area contributed by atoms with Gasteiger partial charge in [-0.05, 0) is 49.6 Å². The summed E-state index contributed by atoms with van der Waals surface area (Å²) in [6.07, 6.45) is 2.19. The average molecular weight is 462 g/mol. The van der Waals surface area contributed by atoms with Gasteiger partial charge in [-0.2, -0.15) is 0 Å². The van der Waals surface area contributed by atoms with Gasteiger partial charge in [-0.3, -0.25) is 13.9 Å². The Morgan fingerprint density at radius 1 is 1.19 bits per heavy atom. The molecule has 2 N–H and O–H groups in total. The number of rotatable bonds is 6. The Labute approximate surface area is 187 Å². The molecule has 31 heavy (non-hydrogen) atoms. The van der Waals surface area contributed by atoms with Crippen molar-refractivity contribution in [2.75, 3.05) is 0 Å². The molecule has 7 nitrogen and oxygen atoms in total. The van der Waals surface area contributed by atoms with Crippen LogP contribution in [0.25, 0.3) is 0 Å². The minimum Gasteiger partial charge on any atom is -0.350 e. The third-order valence-electron chi connectivity index (χ3n) is 5.12. The molecule has 3 rings (SSSR count). The van der Waals surface area contributed by atoms with E-state index in [2.05, 4.69) is 10.6 Å². The first-order valence-corrected chi connectivity index (χ1v) is 11.5. The smallest absolute Gasteiger partial charge is 0.264 e. The van der Waals surface area contributed by atoms with E-state index in [-0.39, 0.29) is 17.4 Å². The van der Waals surface area contributed by atoms with Crippen LogP contribution < -0.4 is 10.6 Å². The standard InChI is InChI=1S/C22H24ClN3O4S/c1-14-12-20(15(2)11-18(14)23)31(29,30)26-10-9-24-22(28)19(26)13-21(27)25-16(3)17-7-5-4-6-8-17/h4-12,16,19H,13H2,1-3H3,(H,24,28)(H,25,27)/t16-,19-/m1/s1. The van der Waals surface area contributed by atoms with Gasteiger partial charge in [-0.25, -0.2) is 8.42 Å². The Bertz CT molecular complexity index is 1130. The molecule has 0 radical (unpaired) electrons. The molecule has 9 heteroatoms. The first-order chi connectivity index (χ1) is 14.6. The van der Waals surface area contributed by atoms with Crippen LogP contribution in [0.2, 0.25) is 5.02 Å². The number of amides is 2. The van der Waals surface area contributed by atoms with E-state index in [0.717, 1.165) is 9.87 Å². The van der Waals surface area contributed by atoms with Gasteiger partial charge in [0.25, 0.3) is 10.0 Å². The van der Waals surface area contributed by atoms with Gasteiger partial charge in [-0.15, -0.1) is 0 Å². The van der Waals surface area contributed by atoms with Crippen molar-refractivity contribution < 1.29 is 18.0 Å². The highest BCUT2D eigenvalue weighted by atomic mass is 35.5.